The van der Waals surface area contributed by atoms with Crippen molar-refractivity contribution in [1.29, 1.82) is 0 Å². The van der Waals surface area contributed by atoms with Crippen LogP contribution in [0.15, 0.2) is 24.4 Å². The van der Waals surface area contributed by atoms with Gasteiger partial charge in [-0.15, -0.1) is 0 Å². The van der Waals surface area contributed by atoms with Gasteiger partial charge < -0.3 is 0 Å². The number of pyridine rings is 1. The molecule has 0 aromatic carbocycles. The minimum atomic E-state index is 0.417. The van der Waals surface area contributed by atoms with Gasteiger partial charge in [-0.05, 0) is 12.1 Å². The van der Waals surface area contributed by atoms with Crippen LogP contribution >= 0.6 is 0 Å². The van der Waals surface area contributed by atoms with Gasteiger partial charge in [0.2, 0.25) is 0 Å². The van der Waals surface area contributed by atoms with Gasteiger partial charge >= 0.3 is 0 Å². The summed E-state index contributed by atoms with van der Waals surface area (Å²) in [4.78, 5) is 3.89. The largest absolute Gasteiger partial charge is 0.256 e. The second kappa shape index (κ2) is 3.14. The molecule has 1 heterocycles. The fraction of sp³-hybridized carbons (Fsp3) is 0. The van der Waals surface area contributed by atoms with Crippen molar-refractivity contribution in [2.45, 2.75) is 0 Å². The predicted octanol–water partition coefficient (Wildman–Crippen LogP) is 0.445. The first kappa shape index (κ1) is 6.16. The maximum atomic E-state index is 9.92. The number of hydrogen-bond donors (Lipinski definition) is 0. The van der Waals surface area contributed by atoms with Crippen molar-refractivity contribution in [3.63, 3.8) is 0 Å². The second-order valence-electron chi connectivity index (χ2n) is 1.47. The third kappa shape index (κ3) is 1.77. The van der Waals surface area contributed by atoms with Gasteiger partial charge in [0.15, 0.2) is 0 Å². The van der Waals surface area contributed by atoms with Gasteiger partial charge in [0.25, 0.3) is 0 Å². The summed E-state index contributed by atoms with van der Waals surface area (Å²) in [6.45, 7) is 0. The molecule has 1 aromatic heterocycles. The van der Waals surface area contributed by atoms with Crippen LogP contribution in [0.2, 0.25) is 0 Å². The Kier molecular flexibility index (Phi) is 2.15. The Bertz CT molecular complexity index is 228. The highest BCUT2D eigenvalue weighted by Crippen LogP contribution is 1.85. The molecule has 2 nitrogen and oxygen atoms in total. The van der Waals surface area contributed by atoms with Crippen molar-refractivity contribution in [2.24, 2.45) is 0 Å². The Labute approximate surface area is 56.6 Å². The fourth-order valence-electron chi connectivity index (χ4n) is 0.495. The summed E-state index contributed by atoms with van der Waals surface area (Å²) in [7, 11) is 0. The number of aromatic nitrogens is 1. The molecule has 0 aliphatic heterocycles. The standard InChI is InChI=1S/C6H5NOS/c8-9-5-6-3-1-2-4-7-6/h1-5H. The molecule has 0 saturated heterocycles. The van der Waals surface area contributed by atoms with Crippen LogP contribution < -0.4 is 0 Å². The molecular formula is C6H5NOS. The molecular weight excluding hydrogens is 134 g/mol. The van der Waals surface area contributed by atoms with Crippen molar-refractivity contribution in [3.8, 4) is 0 Å². The summed E-state index contributed by atoms with van der Waals surface area (Å²) >= 11 is 0.417. The van der Waals surface area contributed by atoms with Crippen molar-refractivity contribution in [3.05, 3.63) is 30.1 Å². The lowest BCUT2D eigenvalue weighted by Crippen LogP contribution is -1.82. The topological polar surface area (TPSA) is 30.0 Å². The van der Waals surface area contributed by atoms with E-state index in [0.29, 0.717) is 11.3 Å². The number of nitrogens with zero attached hydrogens (tertiary/aromatic N) is 1. The molecule has 0 fully saturated rings. The van der Waals surface area contributed by atoms with Gasteiger partial charge in [-0.2, -0.15) is 0 Å². The molecule has 0 atom stereocenters. The first-order valence-electron chi connectivity index (χ1n) is 2.46. The molecule has 0 unspecified atom stereocenters. The lowest BCUT2D eigenvalue weighted by atomic mass is 10.4. The van der Waals surface area contributed by atoms with Gasteiger partial charge in [-0.3, -0.25) is 4.98 Å². The molecule has 0 N–H and O–H groups in total. The average Bonchev–Trinajstić information content (AvgIpc) is 1.91. The van der Waals surface area contributed by atoms with Crippen molar-refractivity contribution in [1.82, 2.24) is 4.98 Å². The van der Waals surface area contributed by atoms with E-state index in [2.05, 4.69) is 4.98 Å². The monoisotopic (exact) mass is 139 g/mol. The maximum Gasteiger partial charge on any atom is 0.0908 e. The summed E-state index contributed by atoms with van der Waals surface area (Å²) in [6.07, 6.45) is 1.65. The van der Waals surface area contributed by atoms with E-state index in [4.69, 9.17) is 0 Å². The molecule has 0 amide bonds. The van der Waals surface area contributed by atoms with Gasteiger partial charge in [0.1, 0.15) is 0 Å². The van der Waals surface area contributed by atoms with Crippen molar-refractivity contribution in [2.75, 3.05) is 0 Å². The van der Waals surface area contributed by atoms with Crippen molar-refractivity contribution < 1.29 is 4.21 Å². The summed E-state index contributed by atoms with van der Waals surface area (Å²) in [6, 6.07) is 5.44. The van der Waals surface area contributed by atoms with Crippen LogP contribution in [0.5, 0.6) is 0 Å². The molecule has 0 saturated carbocycles. The normalized spacial score (nSPS) is 8.44. The van der Waals surface area contributed by atoms with Crippen LogP contribution in [0.25, 0.3) is 0 Å². The van der Waals surface area contributed by atoms with Crippen LogP contribution in [0.4, 0.5) is 0 Å². The third-order valence-corrected chi connectivity index (χ3v) is 1.19. The van der Waals surface area contributed by atoms with Gasteiger partial charge in [-0.25, -0.2) is 4.21 Å². The van der Waals surface area contributed by atoms with Gasteiger partial charge in [-0.1, -0.05) is 6.07 Å². The Morgan fingerprint density at radius 1 is 1.56 bits per heavy atom. The first-order chi connectivity index (χ1) is 4.43. The molecule has 0 radical (unpaired) electrons. The average molecular weight is 139 g/mol. The van der Waals surface area contributed by atoms with E-state index in [1.54, 1.807) is 12.3 Å². The second-order valence-corrected chi connectivity index (χ2v) is 1.90. The fourth-order valence-corrected chi connectivity index (χ4v) is 0.733. The van der Waals surface area contributed by atoms with Crippen LogP contribution in [0.1, 0.15) is 5.69 Å². The highest BCUT2D eigenvalue weighted by molar-refractivity contribution is 7.65. The summed E-state index contributed by atoms with van der Waals surface area (Å²) in [5.41, 5.74) is 0.720. The van der Waals surface area contributed by atoms with E-state index in [9.17, 15) is 4.21 Å². The Hall–Kier alpha value is -0.960. The predicted molar refractivity (Wildman–Crippen MR) is 37.5 cm³/mol. The van der Waals surface area contributed by atoms with E-state index in [1.165, 1.54) is 5.37 Å². The molecule has 46 valence electrons. The highest BCUT2D eigenvalue weighted by Gasteiger charge is 1.80. The zero-order valence-corrected chi connectivity index (χ0v) is 5.47. The van der Waals surface area contributed by atoms with E-state index in [1.807, 2.05) is 12.1 Å². The minimum Gasteiger partial charge on any atom is -0.256 e. The van der Waals surface area contributed by atoms with E-state index in [-0.39, 0.29) is 0 Å². The summed E-state index contributed by atoms with van der Waals surface area (Å²) in [5.74, 6) is 0. The SMILES string of the molecule is O=S=Cc1ccccn1. The maximum absolute atomic E-state index is 9.92. The minimum absolute atomic E-state index is 0.417. The number of rotatable bonds is 1. The van der Waals surface area contributed by atoms with Crippen LogP contribution in [0, 0.1) is 0 Å². The van der Waals surface area contributed by atoms with Crippen LogP contribution in [-0.4, -0.2) is 14.6 Å². The quantitative estimate of drug-likeness (QED) is 0.528. The summed E-state index contributed by atoms with van der Waals surface area (Å²) in [5, 5.41) is 1.46. The van der Waals surface area contributed by atoms with E-state index in [0.717, 1.165) is 5.69 Å². The number of hydrogen-bond acceptors (Lipinski definition) is 2. The Balaban J connectivity index is 2.97. The van der Waals surface area contributed by atoms with Gasteiger partial charge in [0, 0.05) is 6.20 Å². The van der Waals surface area contributed by atoms with Gasteiger partial charge in [0.05, 0.1) is 22.3 Å². The van der Waals surface area contributed by atoms with Crippen molar-refractivity contribution >= 4 is 16.6 Å². The smallest absolute Gasteiger partial charge is 0.0908 e. The first-order valence-corrected chi connectivity index (χ1v) is 3.27. The lowest BCUT2D eigenvalue weighted by Gasteiger charge is -1.83. The van der Waals surface area contributed by atoms with E-state index < -0.39 is 0 Å². The van der Waals surface area contributed by atoms with Crippen LogP contribution in [-0.2, 0) is 11.3 Å². The molecule has 1 rings (SSSR count). The lowest BCUT2D eigenvalue weighted by molar-refractivity contribution is 0.701. The molecule has 0 aliphatic rings. The molecule has 9 heavy (non-hydrogen) atoms. The molecule has 3 heteroatoms. The zero-order valence-electron chi connectivity index (χ0n) is 4.65. The third-order valence-electron chi connectivity index (χ3n) is 0.857. The Morgan fingerprint density at radius 3 is 3.00 bits per heavy atom. The zero-order chi connectivity index (χ0) is 6.53. The highest BCUT2D eigenvalue weighted by atomic mass is 32.1. The van der Waals surface area contributed by atoms with Crippen LogP contribution in [0.3, 0.4) is 0 Å². The molecule has 0 bridgehead atoms. The van der Waals surface area contributed by atoms with E-state index >= 15 is 0 Å². The molecule has 0 aliphatic carbocycles. The summed E-state index contributed by atoms with van der Waals surface area (Å²) < 4.78 is 9.92. The molecule has 1 aromatic rings. The Morgan fingerprint density at radius 2 is 2.44 bits per heavy atom. The molecule has 0 spiro atoms.